The Morgan fingerprint density at radius 3 is 1.92 bits per heavy atom. The topological polar surface area (TPSA) is 51.2 Å². The summed E-state index contributed by atoms with van der Waals surface area (Å²) in [5.74, 6) is -1.12. The zero-order chi connectivity index (χ0) is 9.72. The van der Waals surface area contributed by atoms with E-state index in [9.17, 15) is 14.4 Å². The van der Waals surface area contributed by atoms with Crippen LogP contribution in [0.4, 0.5) is 0 Å². The van der Waals surface area contributed by atoms with Gasteiger partial charge in [-0.3, -0.25) is 9.59 Å². The highest BCUT2D eigenvalue weighted by atomic mass is 16.2. The van der Waals surface area contributed by atoms with Crippen molar-refractivity contribution in [1.29, 1.82) is 0 Å². The van der Waals surface area contributed by atoms with Crippen LogP contribution in [0.15, 0.2) is 0 Å². The first kappa shape index (κ1) is 11.0. The predicted octanol–water partition coefficient (Wildman–Crippen LogP) is 1.15. The molecule has 0 atom stereocenters. The monoisotopic (exact) mass is 170 g/mol. The predicted molar refractivity (Wildman–Crippen MR) is 44.8 cm³/mol. The molecule has 0 amide bonds. The summed E-state index contributed by atoms with van der Waals surface area (Å²) in [6.45, 7) is 4.76. The van der Waals surface area contributed by atoms with E-state index in [0.717, 1.165) is 0 Å². The maximum atomic E-state index is 11.0. The number of carbonyl (C=O) groups is 3. The maximum absolute atomic E-state index is 11.0. The number of carbonyl (C=O) groups excluding carboxylic acids is 3. The van der Waals surface area contributed by atoms with E-state index in [1.165, 1.54) is 6.92 Å². The summed E-state index contributed by atoms with van der Waals surface area (Å²) in [6, 6.07) is 0. The Morgan fingerprint density at radius 1 is 1.08 bits per heavy atom. The fourth-order valence-corrected chi connectivity index (χ4v) is 0.735. The minimum Gasteiger partial charge on any atom is -0.300 e. The number of hydrogen-bond acceptors (Lipinski definition) is 3. The van der Waals surface area contributed by atoms with Gasteiger partial charge >= 0.3 is 0 Å². The second-order valence-corrected chi connectivity index (χ2v) is 3.14. The smallest absolute Gasteiger partial charge is 0.200 e. The van der Waals surface area contributed by atoms with Crippen molar-refractivity contribution >= 4 is 17.3 Å². The molecular formula is C9H14O3. The number of ketones is 3. The summed E-state index contributed by atoms with van der Waals surface area (Å²) in [7, 11) is 0. The van der Waals surface area contributed by atoms with Gasteiger partial charge in [0.15, 0.2) is 5.78 Å². The highest BCUT2D eigenvalue weighted by Gasteiger charge is 2.16. The van der Waals surface area contributed by atoms with Gasteiger partial charge < -0.3 is 4.79 Å². The van der Waals surface area contributed by atoms with Gasteiger partial charge in [0.05, 0.1) is 0 Å². The molecule has 0 aromatic heterocycles. The van der Waals surface area contributed by atoms with Crippen LogP contribution in [0.1, 0.15) is 33.6 Å². The molecule has 68 valence electrons. The van der Waals surface area contributed by atoms with Gasteiger partial charge in [-0.15, -0.1) is 0 Å². The molecule has 0 heterocycles. The number of hydrogen-bond donors (Lipinski definition) is 0. The van der Waals surface area contributed by atoms with Gasteiger partial charge in [-0.2, -0.15) is 0 Å². The molecule has 0 radical (unpaired) electrons. The Kier molecular flexibility index (Phi) is 4.40. The van der Waals surface area contributed by atoms with Gasteiger partial charge in [0.25, 0.3) is 0 Å². The minimum atomic E-state index is -0.430. The summed E-state index contributed by atoms with van der Waals surface area (Å²) in [5, 5.41) is 0. The molecule has 0 aromatic carbocycles. The first-order valence-corrected chi connectivity index (χ1v) is 4.01. The Morgan fingerprint density at radius 2 is 1.58 bits per heavy atom. The van der Waals surface area contributed by atoms with Crippen molar-refractivity contribution in [2.75, 3.05) is 0 Å². The molecule has 0 bridgehead atoms. The van der Waals surface area contributed by atoms with E-state index in [-0.39, 0.29) is 30.3 Å². The Balaban J connectivity index is 3.89. The zero-order valence-corrected chi connectivity index (χ0v) is 7.72. The fourth-order valence-electron chi connectivity index (χ4n) is 0.735. The summed E-state index contributed by atoms with van der Waals surface area (Å²) in [5.41, 5.74) is 0. The van der Waals surface area contributed by atoms with Crippen molar-refractivity contribution < 1.29 is 14.4 Å². The first-order chi connectivity index (χ1) is 5.45. The van der Waals surface area contributed by atoms with E-state index in [4.69, 9.17) is 0 Å². The molecule has 3 nitrogen and oxygen atoms in total. The lowest BCUT2D eigenvalue weighted by atomic mass is 10.0. The summed E-state index contributed by atoms with van der Waals surface area (Å²) >= 11 is 0. The van der Waals surface area contributed by atoms with Crippen molar-refractivity contribution in [3.8, 4) is 0 Å². The SMILES string of the molecule is CC(=O)CCC(=O)C(=O)C(C)C. The van der Waals surface area contributed by atoms with Crippen LogP contribution in [0, 0.1) is 5.92 Å². The molecule has 0 aliphatic heterocycles. The first-order valence-electron chi connectivity index (χ1n) is 4.01. The number of Topliss-reactive ketones (excluding diaryl/α,β-unsaturated/α-hetero) is 3. The van der Waals surface area contributed by atoms with E-state index >= 15 is 0 Å². The fraction of sp³-hybridized carbons (Fsp3) is 0.667. The van der Waals surface area contributed by atoms with Crippen molar-refractivity contribution in [2.45, 2.75) is 33.6 Å². The van der Waals surface area contributed by atoms with E-state index in [1.807, 2.05) is 0 Å². The van der Waals surface area contributed by atoms with Crippen LogP contribution in [0.5, 0.6) is 0 Å². The van der Waals surface area contributed by atoms with Crippen molar-refractivity contribution in [3.63, 3.8) is 0 Å². The molecule has 3 heteroatoms. The molecule has 0 saturated heterocycles. The average Bonchev–Trinajstić information content (AvgIpc) is 1.98. The third-order valence-electron chi connectivity index (χ3n) is 1.50. The Labute approximate surface area is 72.1 Å². The van der Waals surface area contributed by atoms with Crippen LogP contribution in [-0.4, -0.2) is 17.3 Å². The van der Waals surface area contributed by atoms with Gasteiger partial charge in [-0.25, -0.2) is 0 Å². The Bertz CT molecular complexity index is 204. The maximum Gasteiger partial charge on any atom is 0.200 e. The van der Waals surface area contributed by atoms with Crippen molar-refractivity contribution in [2.24, 2.45) is 5.92 Å². The largest absolute Gasteiger partial charge is 0.300 e. The number of rotatable bonds is 5. The molecule has 0 rings (SSSR count). The second-order valence-electron chi connectivity index (χ2n) is 3.14. The molecule has 0 unspecified atom stereocenters. The van der Waals surface area contributed by atoms with Crippen LogP contribution >= 0.6 is 0 Å². The van der Waals surface area contributed by atoms with E-state index in [1.54, 1.807) is 13.8 Å². The molecule has 0 fully saturated rings. The highest BCUT2D eigenvalue weighted by molar-refractivity contribution is 6.38. The third-order valence-corrected chi connectivity index (χ3v) is 1.50. The molecule has 12 heavy (non-hydrogen) atoms. The van der Waals surface area contributed by atoms with Gasteiger partial charge in [0.2, 0.25) is 5.78 Å². The lowest BCUT2D eigenvalue weighted by molar-refractivity contribution is -0.138. The second kappa shape index (κ2) is 4.80. The van der Waals surface area contributed by atoms with Crippen molar-refractivity contribution in [1.82, 2.24) is 0 Å². The van der Waals surface area contributed by atoms with Crippen LogP contribution in [0.25, 0.3) is 0 Å². The van der Waals surface area contributed by atoms with E-state index < -0.39 is 5.78 Å². The normalized spacial score (nSPS) is 10.0. The molecule has 0 spiro atoms. The quantitative estimate of drug-likeness (QED) is 0.581. The molecule has 0 aliphatic rings. The lowest BCUT2D eigenvalue weighted by Gasteiger charge is -2.00. The van der Waals surface area contributed by atoms with Crippen molar-refractivity contribution in [3.05, 3.63) is 0 Å². The van der Waals surface area contributed by atoms with Crippen LogP contribution < -0.4 is 0 Å². The standard InChI is InChI=1S/C9H14O3/c1-6(2)9(12)8(11)5-4-7(3)10/h6H,4-5H2,1-3H3. The summed E-state index contributed by atoms with van der Waals surface area (Å²) in [4.78, 5) is 32.5. The van der Waals surface area contributed by atoms with E-state index in [0.29, 0.717) is 0 Å². The van der Waals surface area contributed by atoms with Crippen LogP contribution in [0.2, 0.25) is 0 Å². The Hall–Kier alpha value is -0.990. The van der Waals surface area contributed by atoms with Crippen LogP contribution in [-0.2, 0) is 14.4 Å². The molecular weight excluding hydrogens is 156 g/mol. The molecule has 0 aliphatic carbocycles. The van der Waals surface area contributed by atoms with Gasteiger partial charge in [-0.05, 0) is 6.92 Å². The van der Waals surface area contributed by atoms with E-state index in [2.05, 4.69) is 0 Å². The minimum absolute atomic E-state index is 0.0556. The summed E-state index contributed by atoms with van der Waals surface area (Å²) in [6.07, 6.45) is 0.240. The average molecular weight is 170 g/mol. The molecule has 0 saturated carbocycles. The van der Waals surface area contributed by atoms with Gasteiger partial charge in [0, 0.05) is 18.8 Å². The third kappa shape index (κ3) is 4.01. The molecule has 0 aromatic rings. The van der Waals surface area contributed by atoms with Gasteiger partial charge in [0.1, 0.15) is 5.78 Å². The highest BCUT2D eigenvalue weighted by Crippen LogP contribution is 2.00. The molecule has 0 N–H and O–H groups in total. The lowest BCUT2D eigenvalue weighted by Crippen LogP contribution is -2.19. The van der Waals surface area contributed by atoms with Crippen LogP contribution in [0.3, 0.4) is 0 Å². The zero-order valence-electron chi connectivity index (χ0n) is 7.72. The van der Waals surface area contributed by atoms with Gasteiger partial charge in [-0.1, -0.05) is 13.8 Å². The summed E-state index contributed by atoms with van der Waals surface area (Å²) < 4.78 is 0.